The molecule has 1 N–H and O–H groups in total. The van der Waals surface area contributed by atoms with E-state index < -0.39 is 0 Å². The van der Waals surface area contributed by atoms with Crippen LogP contribution in [-0.2, 0) is 11.2 Å². The maximum Gasteiger partial charge on any atom is 0.233 e. The molecule has 1 atom stereocenters. The van der Waals surface area contributed by atoms with Crippen molar-refractivity contribution in [1.82, 2.24) is 5.32 Å². The van der Waals surface area contributed by atoms with Gasteiger partial charge in [-0.15, -0.1) is 11.8 Å². The van der Waals surface area contributed by atoms with Crippen molar-refractivity contribution in [3.63, 3.8) is 0 Å². The van der Waals surface area contributed by atoms with Crippen molar-refractivity contribution in [2.45, 2.75) is 36.8 Å². The van der Waals surface area contributed by atoms with Crippen LogP contribution in [0.4, 0.5) is 0 Å². The smallest absolute Gasteiger partial charge is 0.233 e. The Morgan fingerprint density at radius 1 is 1.09 bits per heavy atom. The topological polar surface area (TPSA) is 29.1 Å². The number of carbonyl (C=O) groups is 1. The van der Waals surface area contributed by atoms with Gasteiger partial charge in [0.1, 0.15) is 0 Å². The highest BCUT2D eigenvalue weighted by molar-refractivity contribution is 8.00. The van der Waals surface area contributed by atoms with Gasteiger partial charge >= 0.3 is 0 Å². The Labute approximate surface area is 137 Å². The molecule has 22 heavy (non-hydrogen) atoms. The number of carbonyl (C=O) groups excluding carboxylic acids is 1. The van der Waals surface area contributed by atoms with Gasteiger partial charge in [0, 0.05) is 11.4 Å². The minimum atomic E-state index is -0.0700. The fraction of sp³-hybridized carbons (Fsp3) is 0.316. The van der Waals surface area contributed by atoms with Crippen LogP contribution in [0.1, 0.15) is 24.5 Å². The zero-order valence-corrected chi connectivity index (χ0v) is 14.0. The molecule has 0 aliphatic rings. The number of hydrogen-bond donors (Lipinski definition) is 1. The number of aryl methyl sites for hydroxylation is 2. The van der Waals surface area contributed by atoms with E-state index in [2.05, 4.69) is 48.6 Å². The zero-order chi connectivity index (χ0) is 15.8. The first-order valence-electron chi connectivity index (χ1n) is 7.70. The summed E-state index contributed by atoms with van der Waals surface area (Å²) in [4.78, 5) is 13.2. The van der Waals surface area contributed by atoms with Gasteiger partial charge in [-0.1, -0.05) is 48.0 Å². The molecule has 0 aliphatic heterocycles. The van der Waals surface area contributed by atoms with Crippen LogP contribution < -0.4 is 5.32 Å². The number of benzene rings is 2. The van der Waals surface area contributed by atoms with E-state index in [1.165, 1.54) is 11.1 Å². The molecule has 0 unspecified atom stereocenters. The summed E-state index contributed by atoms with van der Waals surface area (Å²) in [6.07, 6.45) is 1.97. The van der Waals surface area contributed by atoms with E-state index in [4.69, 9.17) is 0 Å². The predicted octanol–water partition coefficient (Wildman–Crippen LogP) is 4.22. The standard InChI is InChI=1S/C19H23NOS/c1-15-10-12-18(13-11-15)22-16(2)19(21)20-14-6-9-17-7-4-3-5-8-17/h3-5,7-8,10-13,16H,6,9,14H2,1-2H3,(H,20,21)/t16-/m0/s1. The Morgan fingerprint density at radius 2 is 1.77 bits per heavy atom. The summed E-state index contributed by atoms with van der Waals surface area (Å²) in [6.45, 7) is 4.75. The molecule has 0 heterocycles. The molecule has 0 fully saturated rings. The van der Waals surface area contributed by atoms with Gasteiger partial charge < -0.3 is 5.32 Å². The Hall–Kier alpha value is -1.74. The maximum atomic E-state index is 12.1. The van der Waals surface area contributed by atoms with Gasteiger partial charge in [0.2, 0.25) is 5.91 Å². The third-order valence-electron chi connectivity index (χ3n) is 3.49. The summed E-state index contributed by atoms with van der Waals surface area (Å²) in [5.41, 5.74) is 2.56. The molecule has 0 radical (unpaired) electrons. The van der Waals surface area contributed by atoms with Crippen LogP contribution >= 0.6 is 11.8 Å². The summed E-state index contributed by atoms with van der Waals surface area (Å²) < 4.78 is 0. The van der Waals surface area contributed by atoms with E-state index in [0.29, 0.717) is 0 Å². The highest BCUT2D eigenvalue weighted by atomic mass is 32.2. The summed E-state index contributed by atoms with van der Waals surface area (Å²) in [6, 6.07) is 18.7. The molecule has 1 amide bonds. The van der Waals surface area contributed by atoms with Crippen molar-refractivity contribution in [2.75, 3.05) is 6.54 Å². The van der Waals surface area contributed by atoms with Crippen LogP contribution in [0.15, 0.2) is 59.5 Å². The molecule has 2 rings (SSSR count). The Morgan fingerprint density at radius 3 is 2.45 bits per heavy atom. The van der Waals surface area contributed by atoms with Gasteiger partial charge in [0.25, 0.3) is 0 Å². The second kappa shape index (κ2) is 8.64. The summed E-state index contributed by atoms with van der Waals surface area (Å²) >= 11 is 1.60. The average molecular weight is 313 g/mol. The highest BCUT2D eigenvalue weighted by Crippen LogP contribution is 2.23. The molecular formula is C19H23NOS. The lowest BCUT2D eigenvalue weighted by molar-refractivity contribution is -0.120. The summed E-state index contributed by atoms with van der Waals surface area (Å²) in [5, 5.41) is 2.95. The van der Waals surface area contributed by atoms with Crippen molar-refractivity contribution in [3.8, 4) is 0 Å². The minimum Gasteiger partial charge on any atom is -0.355 e. The predicted molar refractivity (Wildman–Crippen MR) is 94.3 cm³/mol. The van der Waals surface area contributed by atoms with E-state index in [1.54, 1.807) is 11.8 Å². The minimum absolute atomic E-state index is 0.0700. The lowest BCUT2D eigenvalue weighted by Crippen LogP contribution is -2.31. The van der Waals surface area contributed by atoms with E-state index >= 15 is 0 Å². The number of amides is 1. The highest BCUT2D eigenvalue weighted by Gasteiger charge is 2.13. The van der Waals surface area contributed by atoms with Crippen LogP contribution in [0.2, 0.25) is 0 Å². The number of rotatable bonds is 7. The Bertz CT molecular complexity index is 580. The molecule has 0 aromatic heterocycles. The van der Waals surface area contributed by atoms with Gasteiger partial charge in [0.05, 0.1) is 5.25 Å². The molecule has 0 saturated heterocycles. The Balaban J connectivity index is 1.69. The summed E-state index contributed by atoms with van der Waals surface area (Å²) in [5.74, 6) is 0.110. The second-order valence-corrected chi connectivity index (χ2v) is 6.87. The van der Waals surface area contributed by atoms with Gasteiger partial charge in [-0.25, -0.2) is 0 Å². The summed E-state index contributed by atoms with van der Waals surface area (Å²) in [7, 11) is 0. The van der Waals surface area contributed by atoms with Crippen molar-refractivity contribution >= 4 is 17.7 Å². The van der Waals surface area contributed by atoms with E-state index in [9.17, 15) is 4.79 Å². The van der Waals surface area contributed by atoms with Gasteiger partial charge in [-0.2, -0.15) is 0 Å². The normalized spacial score (nSPS) is 11.9. The second-order valence-electron chi connectivity index (χ2n) is 5.45. The third-order valence-corrected chi connectivity index (χ3v) is 4.60. The van der Waals surface area contributed by atoms with Crippen LogP contribution in [0.3, 0.4) is 0 Å². The van der Waals surface area contributed by atoms with Crippen LogP contribution in [0, 0.1) is 6.92 Å². The van der Waals surface area contributed by atoms with Gasteiger partial charge in [0.15, 0.2) is 0 Å². The van der Waals surface area contributed by atoms with E-state index in [1.807, 2.05) is 25.1 Å². The van der Waals surface area contributed by atoms with Crippen molar-refractivity contribution in [1.29, 1.82) is 0 Å². The molecule has 2 nitrogen and oxygen atoms in total. The third kappa shape index (κ3) is 5.57. The molecule has 0 aliphatic carbocycles. The molecule has 0 spiro atoms. The molecular weight excluding hydrogens is 290 g/mol. The van der Waals surface area contributed by atoms with Gasteiger partial charge in [-0.3, -0.25) is 4.79 Å². The quantitative estimate of drug-likeness (QED) is 0.612. The first kappa shape index (κ1) is 16.6. The average Bonchev–Trinajstić information content (AvgIpc) is 2.54. The van der Waals surface area contributed by atoms with Crippen molar-refractivity contribution in [3.05, 3.63) is 65.7 Å². The first-order valence-corrected chi connectivity index (χ1v) is 8.58. The molecule has 2 aromatic carbocycles. The molecule has 0 bridgehead atoms. The number of hydrogen-bond acceptors (Lipinski definition) is 2. The largest absolute Gasteiger partial charge is 0.355 e. The van der Waals surface area contributed by atoms with Crippen LogP contribution in [-0.4, -0.2) is 17.7 Å². The van der Waals surface area contributed by atoms with Gasteiger partial charge in [-0.05, 0) is 44.4 Å². The SMILES string of the molecule is Cc1ccc(S[C@@H](C)C(=O)NCCCc2ccccc2)cc1. The molecule has 2 aromatic rings. The number of thioether (sulfide) groups is 1. The van der Waals surface area contributed by atoms with E-state index in [-0.39, 0.29) is 11.2 Å². The van der Waals surface area contributed by atoms with E-state index in [0.717, 1.165) is 24.3 Å². The van der Waals surface area contributed by atoms with Crippen LogP contribution in [0.5, 0.6) is 0 Å². The molecule has 3 heteroatoms. The monoisotopic (exact) mass is 313 g/mol. The number of nitrogens with one attached hydrogen (secondary N) is 1. The van der Waals surface area contributed by atoms with Crippen LogP contribution in [0.25, 0.3) is 0 Å². The van der Waals surface area contributed by atoms with Crippen molar-refractivity contribution < 1.29 is 4.79 Å². The fourth-order valence-electron chi connectivity index (χ4n) is 2.17. The Kier molecular flexibility index (Phi) is 6.53. The first-order chi connectivity index (χ1) is 10.6. The maximum absolute atomic E-state index is 12.1. The fourth-order valence-corrected chi connectivity index (χ4v) is 3.06. The zero-order valence-electron chi connectivity index (χ0n) is 13.2. The van der Waals surface area contributed by atoms with Crippen molar-refractivity contribution in [2.24, 2.45) is 0 Å². The molecule has 0 saturated carbocycles. The lowest BCUT2D eigenvalue weighted by atomic mass is 10.1. The molecule has 116 valence electrons. The lowest BCUT2D eigenvalue weighted by Gasteiger charge is -2.12.